The van der Waals surface area contributed by atoms with Crippen molar-refractivity contribution in [1.29, 1.82) is 0 Å². The Morgan fingerprint density at radius 1 is 1.10 bits per heavy atom. The van der Waals surface area contributed by atoms with Crippen LogP contribution in [0.5, 0.6) is 0 Å². The molecule has 0 aromatic carbocycles. The lowest BCUT2D eigenvalue weighted by Crippen LogP contribution is -2.44. The van der Waals surface area contributed by atoms with Gasteiger partial charge in [0.1, 0.15) is 17.8 Å². The smallest absolute Gasteiger partial charge is 0.270 e. The molecule has 1 N–H and O–H groups in total. The van der Waals surface area contributed by atoms with Gasteiger partial charge in [0.05, 0.1) is 13.2 Å². The van der Waals surface area contributed by atoms with Crippen molar-refractivity contribution >= 4 is 22.8 Å². The molecule has 3 aromatic rings. The van der Waals surface area contributed by atoms with Crippen LogP contribution in [0.2, 0.25) is 0 Å². The van der Waals surface area contributed by atoms with E-state index in [1.807, 2.05) is 18.2 Å². The molecule has 1 saturated heterocycles. The van der Waals surface area contributed by atoms with Crippen molar-refractivity contribution in [3.63, 3.8) is 0 Å². The number of nitrogens with one attached hydrogen (secondary N) is 1. The number of rotatable bonds is 4. The lowest BCUT2D eigenvalue weighted by atomic mass is 9.78. The van der Waals surface area contributed by atoms with E-state index in [0.29, 0.717) is 17.3 Å². The number of carbonyl (C=O) groups is 1. The topological polar surface area (TPSA) is 93.1 Å². The number of anilines is 1. The molecule has 8 heteroatoms. The minimum absolute atomic E-state index is 0.135. The molecular formula is C21H22N6O2. The van der Waals surface area contributed by atoms with Gasteiger partial charge in [0.2, 0.25) is 0 Å². The van der Waals surface area contributed by atoms with Crippen molar-refractivity contribution in [2.75, 3.05) is 31.2 Å². The van der Waals surface area contributed by atoms with E-state index in [-0.39, 0.29) is 11.9 Å². The van der Waals surface area contributed by atoms with Gasteiger partial charge in [0, 0.05) is 48.4 Å². The van der Waals surface area contributed by atoms with Gasteiger partial charge in [-0.1, -0.05) is 0 Å². The number of ether oxygens (including phenoxy) is 1. The lowest BCUT2D eigenvalue weighted by Gasteiger charge is -2.36. The van der Waals surface area contributed by atoms with Crippen molar-refractivity contribution in [3.05, 3.63) is 54.2 Å². The first-order valence-electron chi connectivity index (χ1n) is 9.93. The molecule has 0 unspecified atom stereocenters. The quantitative estimate of drug-likeness (QED) is 0.728. The van der Waals surface area contributed by atoms with Gasteiger partial charge in [-0.05, 0) is 37.1 Å². The number of aromatic nitrogens is 4. The molecule has 2 fully saturated rings. The number of hydrogen-bond acceptors (Lipinski definition) is 7. The highest BCUT2D eigenvalue weighted by molar-refractivity contribution is 5.94. The molecule has 4 heterocycles. The number of pyridine rings is 2. The number of morpholine rings is 1. The van der Waals surface area contributed by atoms with Crippen molar-refractivity contribution in [1.82, 2.24) is 25.3 Å². The van der Waals surface area contributed by atoms with E-state index < -0.39 is 0 Å². The van der Waals surface area contributed by atoms with Gasteiger partial charge < -0.3 is 15.0 Å². The molecule has 1 aliphatic carbocycles. The summed E-state index contributed by atoms with van der Waals surface area (Å²) in [6.45, 7) is 3.17. The minimum Gasteiger partial charge on any atom is -0.378 e. The Kier molecular flexibility index (Phi) is 4.77. The summed E-state index contributed by atoms with van der Waals surface area (Å²) in [6, 6.07) is 9.62. The number of hydrogen-bond donors (Lipinski definition) is 1. The van der Waals surface area contributed by atoms with Crippen LogP contribution in [0, 0.1) is 0 Å². The Labute approximate surface area is 168 Å². The molecule has 29 heavy (non-hydrogen) atoms. The molecular weight excluding hydrogens is 368 g/mol. The summed E-state index contributed by atoms with van der Waals surface area (Å²) in [6.07, 6.45) is 5.06. The second-order valence-corrected chi connectivity index (χ2v) is 7.49. The Morgan fingerprint density at radius 2 is 1.97 bits per heavy atom. The number of amides is 1. The summed E-state index contributed by atoms with van der Waals surface area (Å²) < 4.78 is 5.41. The van der Waals surface area contributed by atoms with Crippen LogP contribution in [-0.2, 0) is 4.74 Å². The molecule has 148 valence electrons. The van der Waals surface area contributed by atoms with Gasteiger partial charge in [0.25, 0.3) is 5.91 Å². The molecule has 1 amide bonds. The van der Waals surface area contributed by atoms with Gasteiger partial charge in [-0.2, -0.15) is 0 Å². The summed E-state index contributed by atoms with van der Waals surface area (Å²) in [5.74, 6) is 1.14. The maximum Gasteiger partial charge on any atom is 0.270 e. The highest BCUT2D eigenvalue weighted by Gasteiger charge is 2.33. The fourth-order valence-corrected chi connectivity index (χ4v) is 3.87. The van der Waals surface area contributed by atoms with E-state index in [9.17, 15) is 4.79 Å². The van der Waals surface area contributed by atoms with E-state index >= 15 is 0 Å². The summed E-state index contributed by atoms with van der Waals surface area (Å²) in [4.78, 5) is 32.2. The summed E-state index contributed by atoms with van der Waals surface area (Å²) >= 11 is 0. The molecule has 0 radical (unpaired) electrons. The first-order valence-corrected chi connectivity index (χ1v) is 9.93. The van der Waals surface area contributed by atoms with Gasteiger partial charge in [-0.25, -0.2) is 19.9 Å². The monoisotopic (exact) mass is 390 g/mol. The van der Waals surface area contributed by atoms with Gasteiger partial charge in [-0.15, -0.1) is 0 Å². The maximum atomic E-state index is 12.5. The Morgan fingerprint density at radius 3 is 2.83 bits per heavy atom. The molecule has 1 saturated carbocycles. The molecule has 0 atom stereocenters. The number of carbonyl (C=O) groups excluding carboxylic acids is 1. The van der Waals surface area contributed by atoms with Crippen molar-refractivity contribution < 1.29 is 9.53 Å². The predicted molar refractivity (Wildman–Crippen MR) is 108 cm³/mol. The first-order chi connectivity index (χ1) is 14.3. The fourth-order valence-electron chi connectivity index (χ4n) is 3.87. The largest absolute Gasteiger partial charge is 0.378 e. The third-order valence-electron chi connectivity index (χ3n) is 5.60. The molecule has 5 rings (SSSR count). The van der Waals surface area contributed by atoms with E-state index in [4.69, 9.17) is 4.74 Å². The van der Waals surface area contributed by atoms with Crippen molar-refractivity contribution in [3.8, 4) is 0 Å². The number of fused-ring (bicyclic) bond motifs is 1. The molecule has 8 nitrogen and oxygen atoms in total. The third-order valence-corrected chi connectivity index (χ3v) is 5.60. The lowest BCUT2D eigenvalue weighted by molar-refractivity contribution is 0.0903. The van der Waals surface area contributed by atoms with Crippen LogP contribution < -0.4 is 10.2 Å². The molecule has 0 spiro atoms. The van der Waals surface area contributed by atoms with Gasteiger partial charge >= 0.3 is 0 Å². The SMILES string of the molecule is O=C(NC1CC(c2cc(N3CCOCC3)ncn2)C1)c1ccc2cccnc2n1. The highest BCUT2D eigenvalue weighted by atomic mass is 16.5. The normalized spacial score (nSPS) is 21.6. The third kappa shape index (κ3) is 3.75. The maximum absolute atomic E-state index is 12.5. The van der Waals surface area contributed by atoms with Crippen molar-refractivity contribution in [2.45, 2.75) is 24.8 Å². The predicted octanol–water partition coefficient (Wildman–Crippen LogP) is 1.93. The average Bonchev–Trinajstić information content (AvgIpc) is 2.76. The van der Waals surface area contributed by atoms with E-state index in [0.717, 1.165) is 56.0 Å². The summed E-state index contributed by atoms with van der Waals surface area (Å²) in [5.41, 5.74) is 2.03. The second-order valence-electron chi connectivity index (χ2n) is 7.49. The molecule has 1 aliphatic heterocycles. The zero-order valence-electron chi connectivity index (χ0n) is 16.0. The molecule has 0 bridgehead atoms. The highest BCUT2D eigenvalue weighted by Crippen LogP contribution is 2.36. The van der Waals surface area contributed by atoms with Crippen molar-refractivity contribution in [2.24, 2.45) is 0 Å². The Bertz CT molecular complexity index is 1030. The van der Waals surface area contributed by atoms with Crippen LogP contribution in [0.1, 0.15) is 34.9 Å². The first kappa shape index (κ1) is 17.9. The molecule has 2 aliphatic rings. The summed E-state index contributed by atoms with van der Waals surface area (Å²) in [5, 5.41) is 4.00. The molecule has 3 aromatic heterocycles. The van der Waals surface area contributed by atoms with Crippen LogP contribution in [0.25, 0.3) is 11.0 Å². The Balaban J connectivity index is 1.20. The summed E-state index contributed by atoms with van der Waals surface area (Å²) in [7, 11) is 0. The van der Waals surface area contributed by atoms with Crippen LogP contribution in [-0.4, -0.2) is 58.2 Å². The van der Waals surface area contributed by atoms with Gasteiger partial charge in [0.15, 0.2) is 5.65 Å². The standard InChI is InChI=1S/C21H22N6O2/c28-21(17-4-3-14-2-1-5-22-20(14)26-17)25-16-10-15(11-16)18-12-19(24-13-23-18)27-6-8-29-9-7-27/h1-5,12-13,15-16H,6-11H2,(H,25,28). The number of nitrogens with zero attached hydrogens (tertiary/aromatic N) is 5. The van der Waals surface area contributed by atoms with Crippen LogP contribution in [0.4, 0.5) is 5.82 Å². The second kappa shape index (κ2) is 7.71. The Hall–Kier alpha value is -3.13. The average molecular weight is 390 g/mol. The van der Waals surface area contributed by atoms with Crippen LogP contribution in [0.15, 0.2) is 42.9 Å². The van der Waals surface area contributed by atoms with Crippen LogP contribution >= 0.6 is 0 Å². The zero-order valence-corrected chi connectivity index (χ0v) is 16.0. The van der Waals surface area contributed by atoms with E-state index in [1.165, 1.54) is 0 Å². The van der Waals surface area contributed by atoms with E-state index in [2.05, 4.69) is 36.2 Å². The zero-order chi connectivity index (χ0) is 19.6. The van der Waals surface area contributed by atoms with Crippen LogP contribution in [0.3, 0.4) is 0 Å². The van der Waals surface area contributed by atoms with Gasteiger partial charge in [-0.3, -0.25) is 4.79 Å². The van der Waals surface area contributed by atoms with E-state index in [1.54, 1.807) is 18.6 Å². The minimum atomic E-state index is -0.155. The fraction of sp³-hybridized carbons (Fsp3) is 0.381.